The summed E-state index contributed by atoms with van der Waals surface area (Å²) in [7, 11) is 0. The molecule has 0 heterocycles. The zero-order chi connectivity index (χ0) is 11.7. The SMILES string of the molecule is O=C(O)N[C@@H]1CCc2cc(Cl)ccc2[C@@H]1O. The molecule has 1 aromatic rings. The lowest BCUT2D eigenvalue weighted by Gasteiger charge is -2.29. The normalized spacial score (nSPS) is 23.6. The van der Waals surface area contributed by atoms with Crippen LogP contribution in [0.4, 0.5) is 4.79 Å². The Labute approximate surface area is 97.9 Å². The number of benzene rings is 1. The minimum atomic E-state index is -1.11. The van der Waals surface area contributed by atoms with Crippen molar-refractivity contribution in [2.45, 2.75) is 25.0 Å². The van der Waals surface area contributed by atoms with Crippen LogP contribution in [-0.4, -0.2) is 22.3 Å². The molecular formula is C11H12ClNO3. The van der Waals surface area contributed by atoms with Gasteiger partial charge in [0.05, 0.1) is 12.1 Å². The molecule has 1 amide bonds. The number of hydrogen-bond donors (Lipinski definition) is 3. The van der Waals surface area contributed by atoms with Crippen molar-refractivity contribution in [3.05, 3.63) is 34.3 Å². The average molecular weight is 242 g/mol. The number of fused-ring (bicyclic) bond motifs is 1. The van der Waals surface area contributed by atoms with Crippen molar-refractivity contribution < 1.29 is 15.0 Å². The van der Waals surface area contributed by atoms with Crippen LogP contribution in [0.2, 0.25) is 5.02 Å². The Hall–Kier alpha value is -1.26. The first-order valence-corrected chi connectivity index (χ1v) is 5.41. The molecule has 86 valence electrons. The molecule has 0 bridgehead atoms. The van der Waals surface area contributed by atoms with Crippen molar-refractivity contribution >= 4 is 17.7 Å². The van der Waals surface area contributed by atoms with Gasteiger partial charge in [0.25, 0.3) is 0 Å². The van der Waals surface area contributed by atoms with E-state index >= 15 is 0 Å². The average Bonchev–Trinajstić information content (AvgIpc) is 2.22. The first kappa shape index (κ1) is 11.2. The predicted molar refractivity (Wildman–Crippen MR) is 59.7 cm³/mol. The van der Waals surface area contributed by atoms with Gasteiger partial charge in [-0.15, -0.1) is 0 Å². The lowest BCUT2D eigenvalue weighted by molar-refractivity contribution is 0.109. The van der Waals surface area contributed by atoms with Gasteiger partial charge in [-0.25, -0.2) is 4.79 Å². The van der Waals surface area contributed by atoms with Crippen molar-refractivity contribution in [1.29, 1.82) is 0 Å². The number of hydrogen-bond acceptors (Lipinski definition) is 2. The molecule has 1 aromatic carbocycles. The highest BCUT2D eigenvalue weighted by atomic mass is 35.5. The van der Waals surface area contributed by atoms with Crippen LogP contribution in [0.5, 0.6) is 0 Å². The summed E-state index contributed by atoms with van der Waals surface area (Å²) < 4.78 is 0. The number of aliphatic hydroxyl groups excluding tert-OH is 1. The minimum absolute atomic E-state index is 0.439. The summed E-state index contributed by atoms with van der Waals surface area (Å²) in [6, 6.07) is 4.83. The van der Waals surface area contributed by atoms with Gasteiger partial charge in [-0.3, -0.25) is 0 Å². The van der Waals surface area contributed by atoms with E-state index in [9.17, 15) is 9.90 Å². The summed E-state index contributed by atoms with van der Waals surface area (Å²) >= 11 is 5.85. The molecule has 0 saturated heterocycles. The van der Waals surface area contributed by atoms with Gasteiger partial charge >= 0.3 is 6.09 Å². The zero-order valence-electron chi connectivity index (χ0n) is 8.48. The van der Waals surface area contributed by atoms with E-state index in [0.717, 1.165) is 17.5 Å². The third-order valence-electron chi connectivity index (χ3n) is 2.84. The molecule has 1 aliphatic rings. The van der Waals surface area contributed by atoms with Gasteiger partial charge in [-0.05, 0) is 36.1 Å². The molecule has 0 aliphatic heterocycles. The molecule has 3 N–H and O–H groups in total. The highest BCUT2D eigenvalue weighted by molar-refractivity contribution is 6.30. The molecule has 4 nitrogen and oxygen atoms in total. The number of aliphatic hydroxyl groups is 1. The molecule has 0 saturated carbocycles. The maximum Gasteiger partial charge on any atom is 0.404 e. The molecule has 2 rings (SSSR count). The van der Waals surface area contributed by atoms with Crippen LogP contribution in [0, 0.1) is 0 Å². The highest BCUT2D eigenvalue weighted by Crippen LogP contribution is 2.31. The van der Waals surface area contributed by atoms with E-state index in [2.05, 4.69) is 5.32 Å². The van der Waals surface area contributed by atoms with Gasteiger partial charge in [0.15, 0.2) is 0 Å². The monoisotopic (exact) mass is 241 g/mol. The number of aryl methyl sites for hydroxylation is 1. The van der Waals surface area contributed by atoms with Crippen LogP contribution in [0.1, 0.15) is 23.7 Å². The Bertz CT molecular complexity index is 422. The Balaban J connectivity index is 2.25. The molecule has 0 spiro atoms. The maximum atomic E-state index is 10.5. The lowest BCUT2D eigenvalue weighted by Crippen LogP contribution is -2.41. The van der Waals surface area contributed by atoms with Crippen molar-refractivity contribution in [3.63, 3.8) is 0 Å². The molecule has 0 aromatic heterocycles. The van der Waals surface area contributed by atoms with E-state index in [1.807, 2.05) is 6.07 Å². The molecular weight excluding hydrogens is 230 g/mol. The molecule has 0 unspecified atom stereocenters. The van der Waals surface area contributed by atoms with Gasteiger partial charge in [0, 0.05) is 5.02 Å². The summed E-state index contributed by atoms with van der Waals surface area (Å²) in [6.07, 6.45) is -0.600. The Morgan fingerprint density at radius 2 is 2.25 bits per heavy atom. The summed E-state index contributed by atoms with van der Waals surface area (Å²) in [6.45, 7) is 0. The number of rotatable bonds is 1. The largest absolute Gasteiger partial charge is 0.465 e. The van der Waals surface area contributed by atoms with E-state index in [1.165, 1.54) is 0 Å². The number of nitrogens with one attached hydrogen (secondary N) is 1. The van der Waals surface area contributed by atoms with Crippen molar-refractivity contribution in [2.24, 2.45) is 0 Å². The van der Waals surface area contributed by atoms with Crippen LogP contribution in [0.15, 0.2) is 18.2 Å². The molecule has 1 aliphatic carbocycles. The van der Waals surface area contributed by atoms with Gasteiger partial charge in [0.1, 0.15) is 0 Å². The van der Waals surface area contributed by atoms with E-state index in [4.69, 9.17) is 16.7 Å². The summed E-state index contributed by atoms with van der Waals surface area (Å²) in [5.41, 5.74) is 1.75. The van der Waals surface area contributed by atoms with Crippen molar-refractivity contribution in [2.75, 3.05) is 0 Å². The lowest BCUT2D eigenvalue weighted by atomic mass is 9.86. The van der Waals surface area contributed by atoms with Crippen LogP contribution in [0.3, 0.4) is 0 Å². The topological polar surface area (TPSA) is 69.6 Å². The minimum Gasteiger partial charge on any atom is -0.465 e. The van der Waals surface area contributed by atoms with E-state index in [1.54, 1.807) is 12.1 Å². The van der Waals surface area contributed by atoms with Gasteiger partial charge in [-0.1, -0.05) is 17.7 Å². The van der Waals surface area contributed by atoms with Crippen LogP contribution < -0.4 is 5.32 Å². The fraction of sp³-hybridized carbons (Fsp3) is 0.364. The second-order valence-corrected chi connectivity index (χ2v) is 4.32. The second-order valence-electron chi connectivity index (χ2n) is 3.88. The molecule has 0 fully saturated rings. The molecule has 16 heavy (non-hydrogen) atoms. The predicted octanol–water partition coefficient (Wildman–Crippen LogP) is 1.96. The van der Waals surface area contributed by atoms with Crippen molar-refractivity contribution in [3.8, 4) is 0 Å². The third-order valence-corrected chi connectivity index (χ3v) is 3.07. The molecule has 0 radical (unpaired) electrons. The second kappa shape index (κ2) is 4.31. The fourth-order valence-electron chi connectivity index (χ4n) is 2.07. The van der Waals surface area contributed by atoms with E-state index in [0.29, 0.717) is 11.4 Å². The van der Waals surface area contributed by atoms with Gasteiger partial charge in [0.2, 0.25) is 0 Å². The smallest absolute Gasteiger partial charge is 0.404 e. The van der Waals surface area contributed by atoms with Crippen molar-refractivity contribution in [1.82, 2.24) is 5.32 Å². The first-order valence-electron chi connectivity index (χ1n) is 5.04. The number of carbonyl (C=O) groups is 1. The van der Waals surface area contributed by atoms with Crippen LogP contribution in [-0.2, 0) is 6.42 Å². The number of amides is 1. The Morgan fingerprint density at radius 3 is 2.94 bits per heavy atom. The number of halogens is 1. The van der Waals surface area contributed by atoms with E-state index in [-0.39, 0.29) is 0 Å². The molecule has 5 heteroatoms. The van der Waals surface area contributed by atoms with Crippen LogP contribution in [0.25, 0.3) is 0 Å². The Morgan fingerprint density at radius 1 is 1.50 bits per heavy atom. The standard InChI is InChI=1S/C11H12ClNO3/c12-7-2-3-8-6(5-7)1-4-9(10(8)14)13-11(15)16/h2-3,5,9-10,13-14H,1,4H2,(H,15,16)/t9-,10+/m1/s1. The quantitative estimate of drug-likeness (QED) is 0.704. The van der Waals surface area contributed by atoms with Gasteiger partial charge < -0.3 is 15.5 Å². The zero-order valence-corrected chi connectivity index (χ0v) is 9.24. The summed E-state index contributed by atoms with van der Waals surface area (Å²) in [5, 5.41) is 21.6. The Kier molecular flexibility index (Phi) is 3.03. The first-order chi connectivity index (χ1) is 7.58. The fourth-order valence-corrected chi connectivity index (χ4v) is 2.27. The highest BCUT2D eigenvalue weighted by Gasteiger charge is 2.28. The molecule has 2 atom stereocenters. The van der Waals surface area contributed by atoms with E-state index < -0.39 is 18.2 Å². The van der Waals surface area contributed by atoms with Gasteiger partial charge in [-0.2, -0.15) is 0 Å². The summed E-state index contributed by atoms with van der Waals surface area (Å²) in [5.74, 6) is 0. The third kappa shape index (κ3) is 2.13. The summed E-state index contributed by atoms with van der Waals surface area (Å²) in [4.78, 5) is 10.5. The number of carboxylic acid groups (broad SMARTS) is 1. The maximum absolute atomic E-state index is 10.5. The van der Waals surface area contributed by atoms with Crippen LogP contribution >= 0.6 is 11.6 Å².